The van der Waals surface area contributed by atoms with Gasteiger partial charge in [0.1, 0.15) is 5.82 Å². The van der Waals surface area contributed by atoms with Crippen LogP contribution in [0.4, 0.5) is 11.5 Å². The third kappa shape index (κ3) is 4.68. The van der Waals surface area contributed by atoms with Crippen molar-refractivity contribution in [2.45, 2.75) is 12.8 Å². The lowest BCUT2D eigenvalue weighted by molar-refractivity contribution is 0.0376. The van der Waals surface area contributed by atoms with E-state index in [1.165, 1.54) is 11.3 Å². The molecule has 7 nitrogen and oxygen atoms in total. The van der Waals surface area contributed by atoms with Crippen molar-refractivity contribution in [1.82, 2.24) is 19.8 Å². The molecule has 0 aliphatic carbocycles. The number of hydrogen-bond acceptors (Lipinski definition) is 7. The van der Waals surface area contributed by atoms with Gasteiger partial charge in [0.05, 0.1) is 13.2 Å². The highest BCUT2D eigenvalue weighted by atomic mass is 16.5. The van der Waals surface area contributed by atoms with Gasteiger partial charge in [-0.15, -0.1) is 0 Å². The van der Waals surface area contributed by atoms with E-state index in [0.717, 1.165) is 102 Å². The van der Waals surface area contributed by atoms with E-state index in [4.69, 9.17) is 14.7 Å². The van der Waals surface area contributed by atoms with Crippen molar-refractivity contribution < 1.29 is 4.74 Å². The number of ether oxygens (including phenoxy) is 1. The fourth-order valence-electron chi connectivity index (χ4n) is 4.85. The lowest BCUT2D eigenvalue weighted by Gasteiger charge is -2.35. The van der Waals surface area contributed by atoms with E-state index in [-0.39, 0.29) is 0 Å². The van der Waals surface area contributed by atoms with Crippen LogP contribution in [-0.4, -0.2) is 98.9 Å². The molecule has 0 spiro atoms. The number of likely N-dealkylation sites (N-methyl/N-ethyl adjacent to an activating group) is 1. The summed E-state index contributed by atoms with van der Waals surface area (Å²) in [7, 11) is 2.19. The third-order valence-corrected chi connectivity index (χ3v) is 6.79. The fraction of sp³-hybridized carbons (Fsp3) is 0.583. The van der Waals surface area contributed by atoms with Gasteiger partial charge in [-0.05, 0) is 32.0 Å². The van der Waals surface area contributed by atoms with Crippen LogP contribution in [-0.2, 0) is 11.2 Å². The maximum absolute atomic E-state index is 5.46. The molecule has 166 valence electrons. The van der Waals surface area contributed by atoms with E-state index in [2.05, 4.69) is 57.1 Å². The van der Waals surface area contributed by atoms with Crippen molar-refractivity contribution >= 4 is 11.5 Å². The molecule has 5 rings (SSSR count). The Morgan fingerprint density at radius 1 is 0.935 bits per heavy atom. The van der Waals surface area contributed by atoms with E-state index in [0.29, 0.717) is 0 Å². The summed E-state index contributed by atoms with van der Waals surface area (Å²) in [5, 5.41) is 0. The SMILES string of the molecule is CN1CCN(c2ccccc2-c2ncc3c(n2)N(CCCN2CCOCC2)CC3)CC1. The smallest absolute Gasteiger partial charge is 0.163 e. The van der Waals surface area contributed by atoms with Crippen molar-refractivity contribution in [3.63, 3.8) is 0 Å². The van der Waals surface area contributed by atoms with Gasteiger partial charge in [0.25, 0.3) is 0 Å². The first-order chi connectivity index (χ1) is 15.3. The Morgan fingerprint density at radius 2 is 1.74 bits per heavy atom. The summed E-state index contributed by atoms with van der Waals surface area (Å²) in [6.45, 7) is 11.4. The van der Waals surface area contributed by atoms with E-state index in [1.807, 2.05) is 0 Å². The number of hydrogen-bond donors (Lipinski definition) is 0. The fourth-order valence-corrected chi connectivity index (χ4v) is 4.85. The van der Waals surface area contributed by atoms with E-state index in [1.54, 1.807) is 0 Å². The molecule has 1 aromatic heterocycles. The van der Waals surface area contributed by atoms with Crippen LogP contribution in [0.3, 0.4) is 0 Å². The molecule has 1 aromatic carbocycles. The van der Waals surface area contributed by atoms with Crippen molar-refractivity contribution in [3.05, 3.63) is 36.0 Å². The molecule has 0 atom stereocenters. The van der Waals surface area contributed by atoms with Crippen LogP contribution in [0, 0.1) is 0 Å². The number of aromatic nitrogens is 2. The Kier molecular flexibility index (Phi) is 6.34. The summed E-state index contributed by atoms with van der Waals surface area (Å²) >= 11 is 0. The summed E-state index contributed by atoms with van der Waals surface area (Å²) in [6, 6.07) is 8.62. The molecule has 3 aliphatic heterocycles. The second-order valence-corrected chi connectivity index (χ2v) is 8.89. The number of benzene rings is 1. The molecule has 7 heteroatoms. The standard InChI is InChI=1S/C24H34N6O/c1-27-11-13-29(14-12-27)22-6-3-2-5-21(22)23-25-19-20-7-10-30(24(20)26-23)9-4-8-28-15-17-31-18-16-28/h2-3,5-6,19H,4,7-18H2,1H3. The molecule has 2 aromatic rings. The Hall–Kier alpha value is -2.22. The van der Waals surface area contributed by atoms with Gasteiger partial charge in [-0.1, -0.05) is 12.1 Å². The summed E-state index contributed by atoms with van der Waals surface area (Å²) in [5.41, 5.74) is 3.69. The van der Waals surface area contributed by atoms with Crippen LogP contribution in [0.1, 0.15) is 12.0 Å². The number of rotatable bonds is 6. The summed E-state index contributed by atoms with van der Waals surface area (Å²) in [5.74, 6) is 1.99. The highest BCUT2D eigenvalue weighted by Gasteiger charge is 2.24. The maximum atomic E-state index is 5.46. The van der Waals surface area contributed by atoms with Gasteiger partial charge in [-0.2, -0.15) is 0 Å². The normalized spacial score (nSPS) is 20.3. The summed E-state index contributed by atoms with van der Waals surface area (Å²) in [6.07, 6.45) is 4.27. The molecular weight excluding hydrogens is 388 g/mol. The van der Waals surface area contributed by atoms with Gasteiger partial charge >= 0.3 is 0 Å². The number of fused-ring (bicyclic) bond motifs is 1. The zero-order valence-electron chi connectivity index (χ0n) is 18.7. The minimum absolute atomic E-state index is 0.855. The maximum Gasteiger partial charge on any atom is 0.163 e. The minimum Gasteiger partial charge on any atom is -0.379 e. The first kappa shape index (κ1) is 20.7. The van der Waals surface area contributed by atoms with Gasteiger partial charge < -0.3 is 19.4 Å². The number of morpholine rings is 1. The molecule has 2 saturated heterocycles. The third-order valence-electron chi connectivity index (χ3n) is 6.79. The summed E-state index contributed by atoms with van der Waals surface area (Å²) < 4.78 is 5.46. The van der Waals surface area contributed by atoms with E-state index < -0.39 is 0 Å². The zero-order valence-corrected chi connectivity index (χ0v) is 18.7. The van der Waals surface area contributed by atoms with Crippen LogP contribution in [0.25, 0.3) is 11.4 Å². The number of para-hydroxylation sites is 1. The quantitative estimate of drug-likeness (QED) is 0.705. The van der Waals surface area contributed by atoms with Crippen LogP contribution < -0.4 is 9.80 Å². The lowest BCUT2D eigenvalue weighted by atomic mass is 10.1. The van der Waals surface area contributed by atoms with Crippen LogP contribution in [0.5, 0.6) is 0 Å². The highest BCUT2D eigenvalue weighted by Crippen LogP contribution is 2.33. The van der Waals surface area contributed by atoms with Gasteiger partial charge in [0.15, 0.2) is 5.82 Å². The van der Waals surface area contributed by atoms with Crippen LogP contribution >= 0.6 is 0 Å². The average molecular weight is 423 g/mol. The molecular formula is C24H34N6O. The van der Waals surface area contributed by atoms with E-state index in [9.17, 15) is 0 Å². The Bertz CT molecular complexity index is 876. The molecule has 0 unspecified atom stereocenters. The minimum atomic E-state index is 0.855. The monoisotopic (exact) mass is 422 g/mol. The van der Waals surface area contributed by atoms with E-state index >= 15 is 0 Å². The molecule has 0 N–H and O–H groups in total. The van der Waals surface area contributed by atoms with Crippen molar-refractivity contribution in [2.24, 2.45) is 0 Å². The molecule has 0 amide bonds. The molecule has 4 heterocycles. The average Bonchev–Trinajstić information content (AvgIpc) is 3.22. The Morgan fingerprint density at radius 3 is 2.58 bits per heavy atom. The zero-order chi connectivity index (χ0) is 21.0. The predicted molar refractivity (Wildman–Crippen MR) is 125 cm³/mol. The molecule has 2 fully saturated rings. The van der Waals surface area contributed by atoms with Gasteiger partial charge in [0, 0.05) is 81.9 Å². The van der Waals surface area contributed by atoms with Crippen molar-refractivity contribution in [1.29, 1.82) is 0 Å². The first-order valence-electron chi connectivity index (χ1n) is 11.7. The van der Waals surface area contributed by atoms with Crippen LogP contribution in [0.15, 0.2) is 30.5 Å². The summed E-state index contributed by atoms with van der Waals surface area (Å²) in [4.78, 5) is 19.7. The van der Waals surface area contributed by atoms with Gasteiger partial charge in [-0.25, -0.2) is 9.97 Å². The van der Waals surface area contributed by atoms with Gasteiger partial charge in [0.2, 0.25) is 0 Å². The van der Waals surface area contributed by atoms with Crippen molar-refractivity contribution in [3.8, 4) is 11.4 Å². The van der Waals surface area contributed by atoms with Crippen LogP contribution in [0.2, 0.25) is 0 Å². The highest BCUT2D eigenvalue weighted by molar-refractivity contribution is 5.75. The molecule has 0 bridgehead atoms. The second-order valence-electron chi connectivity index (χ2n) is 8.89. The number of anilines is 2. The molecule has 3 aliphatic rings. The molecule has 0 radical (unpaired) electrons. The van der Waals surface area contributed by atoms with Gasteiger partial charge in [-0.3, -0.25) is 4.90 Å². The Labute approximate surface area is 185 Å². The number of nitrogens with zero attached hydrogens (tertiary/aromatic N) is 6. The van der Waals surface area contributed by atoms with Crippen molar-refractivity contribution in [2.75, 3.05) is 89.0 Å². The first-order valence-corrected chi connectivity index (χ1v) is 11.7. The second kappa shape index (κ2) is 9.51. The topological polar surface area (TPSA) is 48.0 Å². The predicted octanol–water partition coefficient (Wildman–Crippen LogP) is 1.98. The molecule has 31 heavy (non-hydrogen) atoms. The largest absolute Gasteiger partial charge is 0.379 e. The Balaban J connectivity index is 1.31. The number of piperazine rings is 1. The lowest BCUT2D eigenvalue weighted by Crippen LogP contribution is -2.44. The molecule has 0 saturated carbocycles.